The van der Waals surface area contributed by atoms with Gasteiger partial charge in [-0.05, 0) is 45.8 Å². The quantitative estimate of drug-likeness (QED) is 0.870. The standard InChI is InChI=1S/C13H12BrNO/c14-12-8-10(6-7-13(12)15)9-16-11-4-2-1-3-5-11/h1-8H,9,15H2. The molecule has 0 aliphatic heterocycles. The molecule has 0 unspecified atom stereocenters. The molecule has 0 saturated carbocycles. The van der Waals surface area contributed by atoms with Crippen molar-refractivity contribution in [3.05, 3.63) is 58.6 Å². The van der Waals surface area contributed by atoms with Gasteiger partial charge in [0, 0.05) is 10.2 Å². The summed E-state index contributed by atoms with van der Waals surface area (Å²) in [6.07, 6.45) is 0. The molecule has 0 saturated heterocycles. The Morgan fingerprint density at radius 2 is 1.81 bits per heavy atom. The first-order chi connectivity index (χ1) is 7.75. The molecule has 2 nitrogen and oxygen atoms in total. The van der Waals surface area contributed by atoms with Gasteiger partial charge in [-0.15, -0.1) is 0 Å². The minimum absolute atomic E-state index is 0.545. The fourth-order valence-corrected chi connectivity index (χ4v) is 1.77. The Labute approximate surface area is 103 Å². The van der Waals surface area contributed by atoms with Crippen molar-refractivity contribution >= 4 is 21.6 Å². The Bertz CT molecular complexity index is 471. The van der Waals surface area contributed by atoms with Crippen LogP contribution in [-0.4, -0.2) is 0 Å². The van der Waals surface area contributed by atoms with Crippen molar-refractivity contribution in [2.75, 3.05) is 5.73 Å². The summed E-state index contributed by atoms with van der Waals surface area (Å²) in [5.74, 6) is 0.871. The number of hydrogen-bond acceptors (Lipinski definition) is 2. The van der Waals surface area contributed by atoms with E-state index in [2.05, 4.69) is 15.9 Å². The molecule has 0 atom stereocenters. The van der Waals surface area contributed by atoms with Gasteiger partial charge >= 0.3 is 0 Å². The molecule has 2 aromatic carbocycles. The molecule has 0 radical (unpaired) electrons. The molecule has 0 amide bonds. The van der Waals surface area contributed by atoms with Crippen molar-refractivity contribution < 1.29 is 4.74 Å². The van der Waals surface area contributed by atoms with Gasteiger partial charge < -0.3 is 10.5 Å². The summed E-state index contributed by atoms with van der Waals surface area (Å²) >= 11 is 3.39. The van der Waals surface area contributed by atoms with Crippen LogP contribution in [0.3, 0.4) is 0 Å². The summed E-state index contributed by atoms with van der Waals surface area (Å²) in [7, 11) is 0. The Balaban J connectivity index is 2.03. The number of rotatable bonds is 3. The molecule has 3 heteroatoms. The van der Waals surface area contributed by atoms with Crippen LogP contribution in [0, 0.1) is 0 Å². The Hall–Kier alpha value is -1.48. The fraction of sp³-hybridized carbons (Fsp3) is 0.0769. The molecule has 2 N–H and O–H groups in total. The SMILES string of the molecule is Nc1ccc(COc2ccccc2)cc1Br. The van der Waals surface area contributed by atoms with E-state index in [1.54, 1.807) is 0 Å². The van der Waals surface area contributed by atoms with Crippen LogP contribution in [0.2, 0.25) is 0 Å². The topological polar surface area (TPSA) is 35.2 Å². The first-order valence-electron chi connectivity index (χ1n) is 4.97. The first kappa shape index (κ1) is 11.0. The second-order valence-corrected chi connectivity index (χ2v) is 4.31. The lowest BCUT2D eigenvalue weighted by Gasteiger charge is -2.07. The van der Waals surface area contributed by atoms with Crippen LogP contribution in [0.5, 0.6) is 5.75 Å². The van der Waals surface area contributed by atoms with Crippen LogP contribution in [0.15, 0.2) is 53.0 Å². The molecular formula is C13H12BrNO. The number of ether oxygens (including phenoxy) is 1. The predicted octanol–water partition coefficient (Wildman–Crippen LogP) is 3.61. The van der Waals surface area contributed by atoms with E-state index < -0.39 is 0 Å². The van der Waals surface area contributed by atoms with Crippen LogP contribution in [-0.2, 0) is 6.61 Å². The minimum Gasteiger partial charge on any atom is -0.489 e. The zero-order valence-corrected chi connectivity index (χ0v) is 10.3. The smallest absolute Gasteiger partial charge is 0.119 e. The molecule has 0 aliphatic carbocycles. The van der Waals surface area contributed by atoms with Crippen molar-refractivity contribution in [1.29, 1.82) is 0 Å². The van der Waals surface area contributed by atoms with Gasteiger partial charge in [0.25, 0.3) is 0 Å². The number of benzene rings is 2. The van der Waals surface area contributed by atoms with E-state index in [1.807, 2.05) is 48.5 Å². The number of halogens is 1. The Morgan fingerprint density at radius 1 is 1.06 bits per heavy atom. The van der Waals surface area contributed by atoms with E-state index in [1.165, 1.54) is 0 Å². The van der Waals surface area contributed by atoms with Gasteiger partial charge in [-0.2, -0.15) is 0 Å². The lowest BCUT2D eigenvalue weighted by Crippen LogP contribution is -1.96. The maximum absolute atomic E-state index is 5.71. The van der Waals surface area contributed by atoms with Gasteiger partial charge in [0.15, 0.2) is 0 Å². The van der Waals surface area contributed by atoms with Crippen LogP contribution in [0.1, 0.15) is 5.56 Å². The highest BCUT2D eigenvalue weighted by Gasteiger charge is 1.99. The second-order valence-electron chi connectivity index (χ2n) is 3.46. The van der Waals surface area contributed by atoms with Crippen molar-refractivity contribution in [2.45, 2.75) is 6.61 Å². The summed E-state index contributed by atoms with van der Waals surface area (Å²) in [6, 6.07) is 15.5. The lowest BCUT2D eigenvalue weighted by atomic mass is 10.2. The molecular weight excluding hydrogens is 266 g/mol. The van der Waals surface area contributed by atoms with E-state index in [4.69, 9.17) is 10.5 Å². The molecule has 0 aromatic heterocycles. The van der Waals surface area contributed by atoms with Crippen LogP contribution >= 0.6 is 15.9 Å². The number of anilines is 1. The zero-order chi connectivity index (χ0) is 11.4. The lowest BCUT2D eigenvalue weighted by molar-refractivity contribution is 0.306. The van der Waals surface area contributed by atoms with E-state index in [0.29, 0.717) is 6.61 Å². The van der Waals surface area contributed by atoms with Gasteiger partial charge in [0.2, 0.25) is 0 Å². The maximum Gasteiger partial charge on any atom is 0.119 e. The summed E-state index contributed by atoms with van der Waals surface area (Å²) < 4.78 is 6.53. The van der Waals surface area contributed by atoms with E-state index in [0.717, 1.165) is 21.5 Å². The molecule has 2 aromatic rings. The Morgan fingerprint density at radius 3 is 2.50 bits per heavy atom. The summed E-state index contributed by atoms with van der Waals surface area (Å²) in [4.78, 5) is 0. The largest absolute Gasteiger partial charge is 0.489 e. The number of para-hydroxylation sites is 1. The van der Waals surface area contributed by atoms with Gasteiger partial charge in [-0.25, -0.2) is 0 Å². The van der Waals surface area contributed by atoms with Crippen LogP contribution in [0.4, 0.5) is 5.69 Å². The fourth-order valence-electron chi connectivity index (χ4n) is 1.34. The summed E-state index contributed by atoms with van der Waals surface area (Å²) in [5.41, 5.74) is 7.54. The van der Waals surface area contributed by atoms with Gasteiger partial charge in [0.1, 0.15) is 12.4 Å². The molecule has 16 heavy (non-hydrogen) atoms. The normalized spacial score (nSPS) is 10.1. The number of hydrogen-bond donors (Lipinski definition) is 1. The minimum atomic E-state index is 0.545. The maximum atomic E-state index is 5.71. The average molecular weight is 278 g/mol. The highest BCUT2D eigenvalue weighted by atomic mass is 79.9. The van der Waals surface area contributed by atoms with Crippen molar-refractivity contribution in [1.82, 2.24) is 0 Å². The molecule has 0 bridgehead atoms. The average Bonchev–Trinajstić information content (AvgIpc) is 2.32. The highest BCUT2D eigenvalue weighted by Crippen LogP contribution is 2.21. The number of nitrogen functional groups attached to an aromatic ring is 1. The highest BCUT2D eigenvalue weighted by molar-refractivity contribution is 9.10. The molecule has 0 spiro atoms. The van der Waals surface area contributed by atoms with Crippen LogP contribution in [0.25, 0.3) is 0 Å². The molecule has 0 heterocycles. The molecule has 2 rings (SSSR count). The van der Waals surface area contributed by atoms with Gasteiger partial charge in [-0.3, -0.25) is 0 Å². The van der Waals surface area contributed by atoms with E-state index in [9.17, 15) is 0 Å². The van der Waals surface area contributed by atoms with Gasteiger partial charge in [-0.1, -0.05) is 24.3 Å². The third-order valence-electron chi connectivity index (χ3n) is 2.21. The van der Waals surface area contributed by atoms with Crippen molar-refractivity contribution in [2.24, 2.45) is 0 Å². The third kappa shape index (κ3) is 2.76. The second kappa shape index (κ2) is 5.03. The van der Waals surface area contributed by atoms with E-state index in [-0.39, 0.29) is 0 Å². The van der Waals surface area contributed by atoms with Crippen LogP contribution < -0.4 is 10.5 Å². The zero-order valence-electron chi connectivity index (χ0n) is 8.69. The van der Waals surface area contributed by atoms with E-state index >= 15 is 0 Å². The predicted molar refractivity (Wildman–Crippen MR) is 69.3 cm³/mol. The molecule has 0 aliphatic rings. The molecule has 82 valence electrons. The third-order valence-corrected chi connectivity index (χ3v) is 2.90. The number of nitrogens with two attached hydrogens (primary N) is 1. The summed E-state index contributed by atoms with van der Waals surface area (Å²) in [5, 5.41) is 0. The summed E-state index contributed by atoms with van der Waals surface area (Å²) in [6.45, 7) is 0.545. The first-order valence-corrected chi connectivity index (χ1v) is 5.77. The van der Waals surface area contributed by atoms with Crippen molar-refractivity contribution in [3.63, 3.8) is 0 Å². The monoisotopic (exact) mass is 277 g/mol. The Kier molecular flexibility index (Phi) is 3.47. The van der Waals surface area contributed by atoms with Crippen molar-refractivity contribution in [3.8, 4) is 5.75 Å². The molecule has 0 fully saturated rings. The van der Waals surface area contributed by atoms with Gasteiger partial charge in [0.05, 0.1) is 0 Å².